The molecule has 8 nitrogen and oxygen atoms in total. The Hall–Kier alpha value is -1.91. The van der Waals surface area contributed by atoms with Gasteiger partial charge >= 0.3 is 189 Å². The second-order valence-electron chi connectivity index (χ2n) is 10.6. The van der Waals surface area contributed by atoms with E-state index in [0.717, 1.165) is 48.6 Å². The van der Waals surface area contributed by atoms with Crippen LogP contribution in [0.5, 0.6) is 5.75 Å². The van der Waals surface area contributed by atoms with E-state index < -0.39 is 7.49 Å². The van der Waals surface area contributed by atoms with Crippen LogP contribution in [0.25, 0.3) is 0 Å². The van der Waals surface area contributed by atoms with Gasteiger partial charge in [-0.05, 0) is 31.2 Å². The van der Waals surface area contributed by atoms with Crippen molar-refractivity contribution in [2.24, 2.45) is 5.41 Å². The fourth-order valence-corrected chi connectivity index (χ4v) is 7.59. The summed E-state index contributed by atoms with van der Waals surface area (Å²) in [6.45, 7) is 8.74. The first-order valence-corrected chi connectivity index (χ1v) is 17.1. The van der Waals surface area contributed by atoms with Crippen LogP contribution in [0.3, 0.4) is 0 Å². The summed E-state index contributed by atoms with van der Waals surface area (Å²) in [6, 6.07) is 14.4. The van der Waals surface area contributed by atoms with Crippen molar-refractivity contribution in [3.63, 3.8) is 0 Å². The number of ether oxygens (including phenoxy) is 1. The van der Waals surface area contributed by atoms with Gasteiger partial charge in [-0.3, -0.25) is 0 Å². The molecule has 1 spiro atoms. The Morgan fingerprint density at radius 2 is 1.87 bits per heavy atom. The maximum absolute atomic E-state index is 6.49. The van der Waals surface area contributed by atoms with Crippen molar-refractivity contribution in [1.82, 2.24) is 15.3 Å². The Kier molecular flexibility index (Phi) is 8.50. The number of nitrogens with one attached hydrogen (secondary N) is 3. The molecule has 3 heterocycles. The summed E-state index contributed by atoms with van der Waals surface area (Å²) in [5.41, 5.74) is 3.38. The molecule has 0 aliphatic carbocycles. The molecule has 0 radical (unpaired) electrons. The van der Waals surface area contributed by atoms with Gasteiger partial charge < -0.3 is 5.32 Å². The molecule has 11 heteroatoms. The Morgan fingerprint density at radius 3 is 2.58 bits per heavy atom. The summed E-state index contributed by atoms with van der Waals surface area (Å²) < 4.78 is 11.6. The molecule has 3 N–H and O–H groups in total. The van der Waals surface area contributed by atoms with Crippen molar-refractivity contribution in [3.05, 3.63) is 53.7 Å². The van der Waals surface area contributed by atoms with Crippen LogP contribution >= 0.6 is 42.1 Å². The molecule has 5 rings (SSSR count). The van der Waals surface area contributed by atoms with Crippen molar-refractivity contribution < 1.29 is 7.59 Å². The number of hydrogen-bond donors (Lipinski definition) is 3. The van der Waals surface area contributed by atoms with Crippen LogP contribution in [-0.2, 0) is 2.85 Å². The number of piperidine rings is 1. The standard InChI is InChI=1S/C27H35ClIN6O2P/c1-36-23-16-19(35-14-11-27(12-15-35)10-13-30-18-27)8-9-21(23)33-26-31-17-20(28)25(34-26)32-22-6-4-5-7-24(22)38(2,3)37-29/h4-9,16-17,30,38H,10-15,18H2,1-3H3,(H2,31,32,33,34). The van der Waals surface area contributed by atoms with Crippen LogP contribution in [0.1, 0.15) is 19.3 Å². The molecule has 2 aromatic carbocycles. The zero-order valence-electron chi connectivity index (χ0n) is 22.0. The van der Waals surface area contributed by atoms with Crippen LogP contribution < -0.4 is 30.9 Å². The second kappa shape index (κ2) is 11.7. The Labute approximate surface area is 244 Å². The van der Waals surface area contributed by atoms with Gasteiger partial charge in [-0.1, -0.05) is 0 Å². The van der Waals surface area contributed by atoms with E-state index in [1.165, 1.54) is 24.9 Å². The molecule has 2 fully saturated rings. The van der Waals surface area contributed by atoms with Crippen molar-refractivity contribution in [2.45, 2.75) is 19.3 Å². The zero-order chi connectivity index (χ0) is 26.8. The van der Waals surface area contributed by atoms with E-state index in [4.69, 9.17) is 19.2 Å². The Balaban J connectivity index is 1.33. The molecule has 0 unspecified atom stereocenters. The number of anilines is 5. The fraction of sp³-hybridized carbons (Fsp3) is 0.407. The molecule has 2 saturated heterocycles. The van der Waals surface area contributed by atoms with E-state index in [0.29, 0.717) is 22.2 Å². The molecule has 0 bridgehead atoms. The van der Waals surface area contributed by atoms with E-state index in [9.17, 15) is 0 Å². The monoisotopic (exact) mass is 668 g/mol. The van der Waals surface area contributed by atoms with Gasteiger partial charge in [0.05, 0.1) is 0 Å². The van der Waals surface area contributed by atoms with Crippen LogP contribution in [0.15, 0.2) is 48.7 Å². The first kappa shape index (κ1) is 27.6. The van der Waals surface area contributed by atoms with Crippen LogP contribution in [0, 0.1) is 5.41 Å². The minimum absolute atomic E-state index is 0.427. The van der Waals surface area contributed by atoms with Gasteiger partial charge in [0.15, 0.2) is 0 Å². The Morgan fingerprint density at radius 1 is 1.08 bits per heavy atom. The van der Waals surface area contributed by atoms with Crippen LogP contribution in [0.2, 0.25) is 5.02 Å². The molecule has 0 saturated carbocycles. The summed E-state index contributed by atoms with van der Waals surface area (Å²) in [5, 5.41) is 11.8. The molecule has 3 aromatic rings. The van der Waals surface area contributed by atoms with Crippen molar-refractivity contribution in [3.8, 4) is 5.75 Å². The van der Waals surface area contributed by atoms with E-state index in [-0.39, 0.29) is 0 Å². The topological polar surface area (TPSA) is 83.6 Å². The number of aromatic nitrogens is 2. The number of benzene rings is 2. The molecule has 2 aliphatic rings. The molecule has 38 heavy (non-hydrogen) atoms. The van der Waals surface area contributed by atoms with E-state index in [1.807, 2.05) is 47.3 Å². The number of rotatable bonds is 8. The number of para-hydroxylation sites is 1. The Bertz CT molecular complexity index is 1280. The first-order valence-electron chi connectivity index (χ1n) is 12.9. The molecule has 204 valence electrons. The predicted molar refractivity (Wildman–Crippen MR) is 169 cm³/mol. The van der Waals surface area contributed by atoms with Gasteiger partial charge in [0.25, 0.3) is 0 Å². The third-order valence-electron chi connectivity index (χ3n) is 7.72. The van der Waals surface area contributed by atoms with Crippen molar-refractivity contribution in [1.29, 1.82) is 0 Å². The quantitative estimate of drug-likeness (QED) is 0.196. The normalized spacial score (nSPS) is 17.4. The first-order chi connectivity index (χ1) is 18.3. The zero-order valence-corrected chi connectivity index (χ0v) is 25.9. The molecule has 0 amide bonds. The van der Waals surface area contributed by atoms with Gasteiger partial charge in [-0.25, -0.2) is 0 Å². The maximum atomic E-state index is 6.49. The molecule has 0 atom stereocenters. The SMILES string of the molecule is COc1cc(N2CCC3(CCNC3)CC2)ccc1Nc1ncc(Cl)c(Nc2ccccc2[PH](C)(C)OI)n1. The molecule has 1 aromatic heterocycles. The molecule has 2 aliphatic heterocycles. The van der Waals surface area contributed by atoms with Crippen LogP contribution in [0.4, 0.5) is 28.8 Å². The molecular weight excluding hydrogens is 634 g/mol. The van der Waals surface area contributed by atoms with E-state index in [2.05, 4.69) is 62.3 Å². The van der Waals surface area contributed by atoms with Gasteiger partial charge in [-0.15, -0.1) is 0 Å². The van der Waals surface area contributed by atoms with Gasteiger partial charge in [0.1, 0.15) is 0 Å². The summed E-state index contributed by atoms with van der Waals surface area (Å²) in [5.74, 6) is 1.69. The second-order valence-corrected chi connectivity index (χ2v) is 16.0. The third kappa shape index (κ3) is 5.97. The average molecular weight is 669 g/mol. The number of halogens is 2. The van der Waals surface area contributed by atoms with Crippen molar-refractivity contribution in [2.75, 3.05) is 62.2 Å². The van der Waals surface area contributed by atoms with Gasteiger partial charge in [0, 0.05) is 19.6 Å². The summed E-state index contributed by atoms with van der Waals surface area (Å²) in [7, 11) is -0.400. The third-order valence-corrected chi connectivity index (χ3v) is 13.4. The number of hydrogen-bond acceptors (Lipinski definition) is 8. The van der Waals surface area contributed by atoms with Crippen molar-refractivity contribution >= 4 is 76.2 Å². The van der Waals surface area contributed by atoms with E-state index >= 15 is 0 Å². The van der Waals surface area contributed by atoms with Gasteiger partial charge in [0.2, 0.25) is 0 Å². The van der Waals surface area contributed by atoms with E-state index in [1.54, 1.807) is 13.3 Å². The minimum atomic E-state index is -2.09. The predicted octanol–water partition coefficient (Wildman–Crippen LogP) is 6.12. The van der Waals surface area contributed by atoms with Crippen LogP contribution in [-0.4, -0.2) is 56.6 Å². The number of nitrogens with zero attached hydrogens (tertiary/aromatic N) is 3. The fourth-order valence-electron chi connectivity index (χ4n) is 5.36. The summed E-state index contributed by atoms with van der Waals surface area (Å²) >= 11 is 8.48. The molecular formula is C27H35ClIN6O2P. The summed E-state index contributed by atoms with van der Waals surface area (Å²) in [4.78, 5) is 11.5. The van der Waals surface area contributed by atoms with Gasteiger partial charge in [-0.2, -0.15) is 0 Å². The number of methoxy groups -OCH3 is 1. The summed E-state index contributed by atoms with van der Waals surface area (Å²) in [6.07, 6.45) is 5.34. The average Bonchev–Trinajstić information content (AvgIpc) is 3.39.